The Bertz CT molecular complexity index is 3010. The number of benzene rings is 8. The van der Waals surface area contributed by atoms with Crippen LogP contribution in [0.25, 0.3) is 66.1 Å². The lowest BCUT2D eigenvalue weighted by Gasteiger charge is -2.28. The van der Waals surface area contributed by atoms with Crippen molar-refractivity contribution in [2.75, 3.05) is 4.90 Å². The molecule has 0 aliphatic heterocycles. The lowest BCUT2D eigenvalue weighted by atomic mass is 9.83. The third-order valence-electron chi connectivity index (χ3n) is 11.5. The van der Waals surface area contributed by atoms with Gasteiger partial charge in [-0.1, -0.05) is 152 Å². The molecule has 9 aromatic rings. The van der Waals surface area contributed by atoms with Crippen LogP contribution in [0.3, 0.4) is 0 Å². The average Bonchev–Trinajstić information content (AvgIpc) is 3.56. The molecule has 1 aromatic heterocycles. The van der Waals surface area contributed by atoms with Gasteiger partial charge in [0, 0.05) is 33.9 Å². The molecule has 2 nitrogen and oxygen atoms in total. The van der Waals surface area contributed by atoms with Crippen molar-refractivity contribution >= 4 is 66.4 Å². The number of nitrogens with zero attached hydrogens (tertiary/aromatic N) is 2. The second-order valence-electron chi connectivity index (χ2n) is 14.5. The maximum atomic E-state index is 2.52. The van der Waals surface area contributed by atoms with Gasteiger partial charge < -0.3 is 9.47 Å². The molecule has 0 saturated carbocycles. The molecule has 0 saturated heterocycles. The van der Waals surface area contributed by atoms with Crippen molar-refractivity contribution in [3.05, 3.63) is 211 Å². The summed E-state index contributed by atoms with van der Waals surface area (Å²) in [4.78, 5) is 2.42. The highest BCUT2D eigenvalue weighted by Crippen LogP contribution is 2.45. The van der Waals surface area contributed by atoms with E-state index in [1.807, 2.05) is 0 Å². The molecule has 0 N–H and O–H groups in total. The highest BCUT2D eigenvalue weighted by atomic mass is 15.1. The molecule has 0 amide bonds. The minimum atomic E-state index is 0.399. The Morgan fingerprint density at radius 3 is 2.04 bits per heavy atom. The van der Waals surface area contributed by atoms with E-state index in [1.165, 1.54) is 76.9 Å². The minimum Gasteiger partial charge on any atom is -0.310 e. The van der Waals surface area contributed by atoms with Gasteiger partial charge in [-0.3, -0.25) is 0 Å². The molecule has 0 bridgehead atoms. The van der Waals surface area contributed by atoms with Crippen molar-refractivity contribution in [2.45, 2.75) is 6.42 Å². The van der Waals surface area contributed by atoms with Crippen molar-refractivity contribution in [1.82, 2.24) is 4.57 Å². The third kappa shape index (κ3) is 4.88. The zero-order valence-corrected chi connectivity index (χ0v) is 29.7. The van der Waals surface area contributed by atoms with Gasteiger partial charge in [0.05, 0.1) is 16.9 Å². The molecular weight excluding hydrogens is 653 g/mol. The smallest absolute Gasteiger partial charge is 0.0561 e. The van der Waals surface area contributed by atoms with Crippen LogP contribution in [0.4, 0.5) is 17.1 Å². The molecule has 0 radical (unpaired) electrons. The predicted octanol–water partition coefficient (Wildman–Crippen LogP) is 13.9. The summed E-state index contributed by atoms with van der Waals surface area (Å²) in [7, 11) is 0. The van der Waals surface area contributed by atoms with Crippen molar-refractivity contribution in [3.63, 3.8) is 0 Å². The van der Waals surface area contributed by atoms with Crippen LogP contribution in [-0.2, 0) is 6.42 Å². The molecule has 54 heavy (non-hydrogen) atoms. The maximum absolute atomic E-state index is 2.52. The Balaban J connectivity index is 1.19. The first-order valence-electron chi connectivity index (χ1n) is 18.9. The van der Waals surface area contributed by atoms with E-state index in [4.69, 9.17) is 0 Å². The monoisotopic (exact) mass is 688 g/mol. The Morgan fingerprint density at radius 1 is 0.519 bits per heavy atom. The number of hydrogen-bond donors (Lipinski definition) is 0. The zero-order valence-electron chi connectivity index (χ0n) is 29.7. The number of allylic oxidation sites excluding steroid dienone is 5. The molecule has 0 spiro atoms. The first-order valence-corrected chi connectivity index (χ1v) is 18.9. The van der Waals surface area contributed by atoms with Gasteiger partial charge in [-0.05, 0) is 104 Å². The van der Waals surface area contributed by atoms with Gasteiger partial charge >= 0.3 is 0 Å². The van der Waals surface area contributed by atoms with E-state index < -0.39 is 0 Å². The molecular formula is C52H36N2. The summed E-state index contributed by atoms with van der Waals surface area (Å²) in [5, 5.41) is 8.90. The fraction of sp³-hybridized carbons (Fsp3) is 0.0385. The van der Waals surface area contributed by atoms with E-state index in [1.54, 1.807) is 0 Å². The normalized spacial score (nSPS) is 14.7. The van der Waals surface area contributed by atoms with Crippen molar-refractivity contribution < 1.29 is 0 Å². The van der Waals surface area contributed by atoms with E-state index in [0.29, 0.717) is 5.92 Å². The SMILES string of the molecule is C1=CC2=Cc3c(c4ccccc4n3-c3cc(N(c4ccccc4)c4ccc5ccc6ccc7ccccc7c6c5c4)ccc3-c3ccccc3)CC2C=C1. The largest absolute Gasteiger partial charge is 0.310 e. The van der Waals surface area contributed by atoms with Crippen LogP contribution in [0.5, 0.6) is 0 Å². The van der Waals surface area contributed by atoms with Gasteiger partial charge in [0.2, 0.25) is 0 Å². The van der Waals surface area contributed by atoms with E-state index in [0.717, 1.165) is 23.5 Å². The van der Waals surface area contributed by atoms with Crippen LogP contribution in [-0.4, -0.2) is 4.57 Å². The average molecular weight is 689 g/mol. The van der Waals surface area contributed by atoms with Gasteiger partial charge in [-0.25, -0.2) is 0 Å². The number of fused-ring (bicyclic) bond motifs is 9. The van der Waals surface area contributed by atoms with Crippen LogP contribution >= 0.6 is 0 Å². The minimum absolute atomic E-state index is 0.399. The molecule has 2 aliphatic carbocycles. The quantitative estimate of drug-likeness (QED) is 0.163. The van der Waals surface area contributed by atoms with Crippen LogP contribution in [0, 0.1) is 5.92 Å². The van der Waals surface area contributed by atoms with E-state index in [9.17, 15) is 0 Å². The van der Waals surface area contributed by atoms with Crippen molar-refractivity contribution in [1.29, 1.82) is 0 Å². The number of rotatable bonds is 5. The maximum Gasteiger partial charge on any atom is 0.0561 e. The van der Waals surface area contributed by atoms with Gasteiger partial charge in [0.15, 0.2) is 0 Å². The molecule has 2 aliphatic rings. The third-order valence-corrected chi connectivity index (χ3v) is 11.5. The topological polar surface area (TPSA) is 8.17 Å². The first kappa shape index (κ1) is 30.7. The molecule has 254 valence electrons. The fourth-order valence-electron chi connectivity index (χ4n) is 8.95. The summed E-state index contributed by atoms with van der Waals surface area (Å²) in [6.07, 6.45) is 12.4. The molecule has 11 rings (SSSR count). The highest BCUT2D eigenvalue weighted by molar-refractivity contribution is 6.20. The molecule has 0 fully saturated rings. The van der Waals surface area contributed by atoms with Gasteiger partial charge in [-0.2, -0.15) is 0 Å². The summed E-state index contributed by atoms with van der Waals surface area (Å²) in [6, 6.07) is 62.3. The Hall–Kier alpha value is -6.90. The lowest BCUT2D eigenvalue weighted by Crippen LogP contribution is -2.13. The summed E-state index contributed by atoms with van der Waals surface area (Å²) < 4.78 is 2.52. The molecule has 8 aromatic carbocycles. The van der Waals surface area contributed by atoms with Gasteiger partial charge in [-0.15, -0.1) is 0 Å². The number of anilines is 3. The van der Waals surface area contributed by atoms with E-state index in [2.05, 4.69) is 210 Å². The number of hydrogen-bond acceptors (Lipinski definition) is 1. The summed E-state index contributed by atoms with van der Waals surface area (Å²) in [6.45, 7) is 0. The molecule has 1 atom stereocenters. The van der Waals surface area contributed by atoms with Crippen LogP contribution in [0.15, 0.2) is 200 Å². The Kier molecular flexibility index (Phi) is 7.03. The summed E-state index contributed by atoms with van der Waals surface area (Å²) >= 11 is 0. The highest BCUT2D eigenvalue weighted by Gasteiger charge is 2.27. The van der Waals surface area contributed by atoms with Crippen LogP contribution in [0.2, 0.25) is 0 Å². The zero-order chi connectivity index (χ0) is 35.6. The van der Waals surface area contributed by atoms with Gasteiger partial charge in [0.1, 0.15) is 0 Å². The van der Waals surface area contributed by atoms with E-state index >= 15 is 0 Å². The fourth-order valence-corrected chi connectivity index (χ4v) is 8.95. The van der Waals surface area contributed by atoms with Crippen LogP contribution in [0.1, 0.15) is 11.3 Å². The molecule has 1 heterocycles. The van der Waals surface area contributed by atoms with E-state index in [-0.39, 0.29) is 0 Å². The van der Waals surface area contributed by atoms with Crippen LogP contribution < -0.4 is 4.90 Å². The summed E-state index contributed by atoms with van der Waals surface area (Å²) in [5.41, 5.74) is 12.2. The first-order chi connectivity index (χ1) is 26.8. The Morgan fingerprint density at radius 2 is 1.19 bits per heavy atom. The predicted molar refractivity (Wildman–Crippen MR) is 229 cm³/mol. The molecule has 1 unspecified atom stereocenters. The second-order valence-corrected chi connectivity index (χ2v) is 14.5. The molecule has 2 heteroatoms. The number of aromatic nitrogens is 1. The van der Waals surface area contributed by atoms with Gasteiger partial charge in [0.25, 0.3) is 0 Å². The van der Waals surface area contributed by atoms with Crippen molar-refractivity contribution in [3.8, 4) is 16.8 Å². The lowest BCUT2D eigenvalue weighted by molar-refractivity contribution is 0.758. The Labute approximate surface area is 314 Å². The van der Waals surface area contributed by atoms with Crippen molar-refractivity contribution in [2.24, 2.45) is 5.92 Å². The number of para-hydroxylation sites is 2. The second kappa shape index (κ2) is 12.4. The standard InChI is InChI=1S/C52H36N2/c1-3-13-35(14-4-1)44-30-29-43(34-51(44)54-49-22-12-11-21-46(49)48-31-39-16-7-8-17-40(39)32-50(48)54)53(41-18-5-2-6-19-41)42-28-27-37-24-26-38-25-23-36-15-9-10-20-45(36)52(38)47(37)33-42/h1-30,32-34,39H,31H2. The summed E-state index contributed by atoms with van der Waals surface area (Å²) in [5.74, 6) is 0.399.